The number of nitrogens with zero attached hydrogens (tertiary/aromatic N) is 1. The predicted molar refractivity (Wildman–Crippen MR) is 145 cm³/mol. The number of carboxylic acids is 1. The van der Waals surface area contributed by atoms with Crippen LogP contribution in [0.4, 0.5) is 0 Å². The molecule has 2 aromatic carbocycles. The van der Waals surface area contributed by atoms with Crippen molar-refractivity contribution in [2.75, 3.05) is 5.75 Å². The molecule has 0 radical (unpaired) electrons. The van der Waals surface area contributed by atoms with Gasteiger partial charge in [0.05, 0.1) is 23.0 Å². The zero-order valence-corrected chi connectivity index (χ0v) is 23.7. The molecule has 1 saturated heterocycles. The Kier molecular flexibility index (Phi) is 9.32. The Bertz CT molecular complexity index is 1230. The summed E-state index contributed by atoms with van der Waals surface area (Å²) in [4.78, 5) is 27.1. The van der Waals surface area contributed by atoms with E-state index < -0.39 is 57.2 Å². The lowest BCUT2D eigenvalue weighted by atomic mass is 9.89. The number of carbonyl (C=O) groups is 2. The molecule has 37 heavy (non-hydrogen) atoms. The highest BCUT2D eigenvalue weighted by atomic mass is 35.5. The SMILES string of the molecule is CC[C@@H](CCS(=O)(=O)C(C)(C)C)N1C(=O)[C@@H](CC(=O)O)O[C@H](c2cccc(Cl)c2)[C@H]1c1ccc(Cl)cc1. The first-order valence-electron chi connectivity index (χ1n) is 12.2. The average Bonchev–Trinajstić information content (AvgIpc) is 2.81. The summed E-state index contributed by atoms with van der Waals surface area (Å²) in [5.74, 6) is -1.77. The first-order chi connectivity index (χ1) is 17.2. The molecule has 1 heterocycles. The predicted octanol–water partition coefficient (Wildman–Crippen LogP) is 5.86. The molecule has 0 aliphatic carbocycles. The Morgan fingerprint density at radius 3 is 2.27 bits per heavy atom. The van der Waals surface area contributed by atoms with Gasteiger partial charge in [0.25, 0.3) is 5.91 Å². The maximum Gasteiger partial charge on any atom is 0.306 e. The van der Waals surface area contributed by atoms with Gasteiger partial charge in [-0.1, -0.05) is 54.4 Å². The van der Waals surface area contributed by atoms with Crippen molar-refractivity contribution in [2.45, 2.75) is 76.0 Å². The Morgan fingerprint density at radius 2 is 1.73 bits per heavy atom. The van der Waals surface area contributed by atoms with Crippen molar-refractivity contribution in [1.82, 2.24) is 4.90 Å². The van der Waals surface area contributed by atoms with E-state index in [2.05, 4.69) is 0 Å². The second-order valence-corrected chi connectivity index (χ2v) is 14.0. The van der Waals surface area contributed by atoms with Gasteiger partial charge in [-0.05, 0) is 69.0 Å². The lowest BCUT2D eigenvalue weighted by molar-refractivity contribution is -0.183. The van der Waals surface area contributed by atoms with Gasteiger partial charge >= 0.3 is 5.97 Å². The average molecular weight is 571 g/mol. The van der Waals surface area contributed by atoms with Crippen molar-refractivity contribution in [3.05, 3.63) is 69.7 Å². The lowest BCUT2D eigenvalue weighted by Crippen LogP contribution is -2.55. The van der Waals surface area contributed by atoms with Gasteiger partial charge < -0.3 is 14.7 Å². The fourth-order valence-corrected chi connectivity index (χ4v) is 6.06. The quantitative estimate of drug-likeness (QED) is 0.405. The van der Waals surface area contributed by atoms with Crippen molar-refractivity contribution in [1.29, 1.82) is 0 Å². The fourth-order valence-electron chi connectivity index (χ4n) is 4.54. The first kappa shape index (κ1) is 29.4. The molecular weight excluding hydrogens is 537 g/mol. The van der Waals surface area contributed by atoms with Crippen LogP contribution in [0.25, 0.3) is 0 Å². The summed E-state index contributed by atoms with van der Waals surface area (Å²) in [6, 6.07) is 12.9. The zero-order valence-electron chi connectivity index (χ0n) is 21.4. The molecule has 0 spiro atoms. The van der Waals surface area contributed by atoms with Crippen molar-refractivity contribution >= 4 is 44.9 Å². The van der Waals surface area contributed by atoms with Crippen LogP contribution in [0, 0.1) is 0 Å². The van der Waals surface area contributed by atoms with E-state index in [0.717, 1.165) is 5.56 Å². The highest BCUT2D eigenvalue weighted by molar-refractivity contribution is 7.92. The third kappa shape index (κ3) is 6.85. The van der Waals surface area contributed by atoms with Crippen LogP contribution in [-0.2, 0) is 24.2 Å². The Labute approximate surface area is 228 Å². The second-order valence-electron chi connectivity index (χ2n) is 10.2. The Hall–Kier alpha value is -2.13. The minimum atomic E-state index is -3.45. The van der Waals surface area contributed by atoms with E-state index in [1.54, 1.807) is 68.1 Å². The molecule has 2 aromatic rings. The normalized spacial score (nSPS) is 21.6. The molecule has 0 saturated carbocycles. The number of sulfone groups is 1. The maximum absolute atomic E-state index is 13.8. The highest BCUT2D eigenvalue weighted by Crippen LogP contribution is 2.45. The summed E-state index contributed by atoms with van der Waals surface area (Å²) >= 11 is 12.4. The van der Waals surface area contributed by atoms with Crippen LogP contribution < -0.4 is 0 Å². The van der Waals surface area contributed by atoms with Gasteiger partial charge in [0.15, 0.2) is 9.84 Å². The summed E-state index contributed by atoms with van der Waals surface area (Å²) in [6.45, 7) is 6.84. The molecule has 4 atom stereocenters. The maximum atomic E-state index is 13.8. The molecule has 7 nitrogen and oxygen atoms in total. The Morgan fingerprint density at radius 1 is 1.08 bits per heavy atom. The van der Waals surface area contributed by atoms with Crippen LogP contribution in [0.1, 0.15) is 70.2 Å². The van der Waals surface area contributed by atoms with E-state index in [1.807, 2.05) is 13.0 Å². The van der Waals surface area contributed by atoms with E-state index in [-0.39, 0.29) is 12.2 Å². The third-order valence-corrected chi connectivity index (χ3v) is 9.82. The summed E-state index contributed by atoms with van der Waals surface area (Å²) in [5, 5.41) is 10.5. The Balaban J connectivity index is 2.14. The molecule has 1 aliphatic rings. The van der Waals surface area contributed by atoms with Crippen molar-refractivity contribution in [3.8, 4) is 0 Å². The topological polar surface area (TPSA) is 101 Å². The van der Waals surface area contributed by atoms with Gasteiger partial charge in [-0.2, -0.15) is 0 Å². The van der Waals surface area contributed by atoms with Crippen LogP contribution in [0.3, 0.4) is 0 Å². The lowest BCUT2D eigenvalue weighted by Gasteiger charge is -2.48. The van der Waals surface area contributed by atoms with Gasteiger partial charge in [0, 0.05) is 16.1 Å². The molecule has 1 N–H and O–H groups in total. The van der Waals surface area contributed by atoms with Crippen LogP contribution in [0.5, 0.6) is 0 Å². The van der Waals surface area contributed by atoms with Gasteiger partial charge in [-0.15, -0.1) is 0 Å². The van der Waals surface area contributed by atoms with Gasteiger partial charge in [0.2, 0.25) is 0 Å². The summed E-state index contributed by atoms with van der Waals surface area (Å²) in [7, 11) is -3.45. The molecule has 0 aromatic heterocycles. The number of halogens is 2. The minimum Gasteiger partial charge on any atom is -0.481 e. The molecule has 1 fully saturated rings. The van der Waals surface area contributed by atoms with E-state index in [4.69, 9.17) is 27.9 Å². The third-order valence-electron chi connectivity index (χ3n) is 6.69. The number of hydrogen-bond acceptors (Lipinski definition) is 5. The summed E-state index contributed by atoms with van der Waals surface area (Å²) in [6.07, 6.45) is -1.82. The van der Waals surface area contributed by atoms with Crippen LogP contribution in [0.15, 0.2) is 48.5 Å². The molecule has 0 unspecified atom stereocenters. The van der Waals surface area contributed by atoms with E-state index in [0.29, 0.717) is 22.0 Å². The molecule has 1 aliphatic heterocycles. The zero-order chi connectivity index (χ0) is 27.5. The number of aliphatic carboxylic acids is 1. The number of ether oxygens (including phenoxy) is 1. The number of amides is 1. The monoisotopic (exact) mass is 569 g/mol. The number of carboxylic acid groups (broad SMARTS) is 1. The number of hydrogen-bond donors (Lipinski definition) is 1. The van der Waals surface area contributed by atoms with Crippen LogP contribution >= 0.6 is 23.2 Å². The van der Waals surface area contributed by atoms with Gasteiger partial charge in [-0.3, -0.25) is 9.59 Å². The molecule has 0 bridgehead atoms. The van der Waals surface area contributed by atoms with Crippen LogP contribution in [-0.4, -0.2) is 52.9 Å². The number of benzene rings is 2. The molecule has 10 heteroatoms. The largest absolute Gasteiger partial charge is 0.481 e. The highest BCUT2D eigenvalue weighted by Gasteiger charge is 2.47. The molecule has 3 rings (SSSR count). The van der Waals surface area contributed by atoms with E-state index >= 15 is 0 Å². The van der Waals surface area contributed by atoms with Crippen molar-refractivity contribution < 1.29 is 27.9 Å². The molecule has 202 valence electrons. The van der Waals surface area contributed by atoms with Crippen molar-refractivity contribution in [3.63, 3.8) is 0 Å². The van der Waals surface area contributed by atoms with Crippen LogP contribution in [0.2, 0.25) is 10.0 Å². The number of carbonyl (C=O) groups excluding carboxylic acids is 1. The fraction of sp³-hybridized carbons (Fsp3) is 0.481. The van der Waals surface area contributed by atoms with Gasteiger partial charge in [0.1, 0.15) is 12.2 Å². The molecular formula is C27H33Cl2NO6S. The molecule has 1 amide bonds. The van der Waals surface area contributed by atoms with Gasteiger partial charge in [-0.25, -0.2) is 8.42 Å². The minimum absolute atomic E-state index is 0.113. The van der Waals surface area contributed by atoms with E-state index in [1.165, 1.54) is 0 Å². The number of rotatable bonds is 9. The summed E-state index contributed by atoms with van der Waals surface area (Å²) in [5.41, 5.74) is 1.41. The summed E-state index contributed by atoms with van der Waals surface area (Å²) < 4.78 is 31.1. The smallest absolute Gasteiger partial charge is 0.306 e. The number of morpholine rings is 1. The standard InChI is InChI=1S/C27H33Cl2NO6S/c1-5-21(13-14-37(34,35)27(2,3)4)30-24(17-9-11-19(28)12-10-17)25(18-7-6-8-20(29)15-18)36-22(26(30)33)16-23(31)32/h6-12,15,21-22,24-25H,5,13-14,16H2,1-4H3,(H,31,32)/t21-,22+,24+,25+/m0/s1. The van der Waals surface area contributed by atoms with E-state index in [9.17, 15) is 23.1 Å². The first-order valence-corrected chi connectivity index (χ1v) is 14.6. The second kappa shape index (κ2) is 11.7. The van der Waals surface area contributed by atoms with Crippen molar-refractivity contribution in [2.24, 2.45) is 0 Å².